The van der Waals surface area contributed by atoms with Gasteiger partial charge in [-0.2, -0.15) is 0 Å². The van der Waals surface area contributed by atoms with Crippen molar-refractivity contribution in [2.75, 3.05) is 6.61 Å². The van der Waals surface area contributed by atoms with Gasteiger partial charge in [0.2, 0.25) is 5.30 Å². The molecule has 0 aliphatic heterocycles. The summed E-state index contributed by atoms with van der Waals surface area (Å²) in [6, 6.07) is 7.56. The number of aryl methyl sites for hydroxylation is 1. The van der Waals surface area contributed by atoms with Gasteiger partial charge in [-0.25, -0.2) is 0 Å². The van der Waals surface area contributed by atoms with Crippen molar-refractivity contribution >= 4 is 13.3 Å². The summed E-state index contributed by atoms with van der Waals surface area (Å²) in [5.41, 5.74) is 1.02. The molecule has 1 unspecified atom stereocenters. The molecule has 12 heavy (non-hydrogen) atoms. The van der Waals surface area contributed by atoms with E-state index in [1.165, 1.54) is 0 Å². The first-order chi connectivity index (χ1) is 5.75. The average molecular weight is 183 g/mol. The maximum absolute atomic E-state index is 11.4. The lowest BCUT2D eigenvalue weighted by Crippen LogP contribution is -2.02. The maximum Gasteiger partial charge on any atom is 0.548 e. The third-order valence-electron chi connectivity index (χ3n) is 1.56. The predicted octanol–water partition coefficient (Wildman–Crippen LogP) is 2.40. The van der Waals surface area contributed by atoms with Gasteiger partial charge < -0.3 is 0 Å². The van der Waals surface area contributed by atoms with E-state index >= 15 is 0 Å². The van der Waals surface area contributed by atoms with Crippen LogP contribution in [-0.2, 0) is 9.09 Å². The van der Waals surface area contributed by atoms with E-state index in [1.807, 2.05) is 38.1 Å². The topological polar surface area (TPSA) is 26.3 Å². The second-order valence-electron chi connectivity index (χ2n) is 2.46. The fourth-order valence-corrected chi connectivity index (χ4v) is 1.90. The lowest BCUT2D eigenvalue weighted by Gasteiger charge is -1.90. The van der Waals surface area contributed by atoms with Crippen molar-refractivity contribution < 1.29 is 9.09 Å². The van der Waals surface area contributed by atoms with Crippen LogP contribution in [-0.4, -0.2) is 6.61 Å². The molecular formula is C9H12O2P+. The number of hydrogen-bond acceptors (Lipinski definition) is 2. The third-order valence-corrected chi connectivity index (χ3v) is 2.95. The molecule has 0 aromatic heterocycles. The quantitative estimate of drug-likeness (QED) is 0.672. The van der Waals surface area contributed by atoms with E-state index in [0.29, 0.717) is 6.61 Å². The summed E-state index contributed by atoms with van der Waals surface area (Å²) in [4.78, 5) is 0. The van der Waals surface area contributed by atoms with Crippen molar-refractivity contribution in [3.8, 4) is 0 Å². The highest BCUT2D eigenvalue weighted by molar-refractivity contribution is 7.48. The first-order valence-electron chi connectivity index (χ1n) is 3.91. The summed E-state index contributed by atoms with van der Waals surface area (Å²) in [6.45, 7) is 4.26. The first-order valence-corrected chi connectivity index (χ1v) is 5.09. The van der Waals surface area contributed by atoms with Crippen LogP contribution in [0.3, 0.4) is 0 Å². The van der Waals surface area contributed by atoms with Crippen molar-refractivity contribution in [3.63, 3.8) is 0 Å². The van der Waals surface area contributed by atoms with Crippen LogP contribution in [0.5, 0.6) is 0 Å². The van der Waals surface area contributed by atoms with Gasteiger partial charge in [-0.1, -0.05) is 18.2 Å². The molecule has 0 spiro atoms. The van der Waals surface area contributed by atoms with Gasteiger partial charge in [0.1, 0.15) is 6.61 Å². The molecule has 1 aromatic rings. The lowest BCUT2D eigenvalue weighted by molar-refractivity contribution is 0.357. The Labute approximate surface area is 73.4 Å². The molecule has 0 amide bonds. The molecule has 3 heteroatoms. The monoisotopic (exact) mass is 183 g/mol. The highest BCUT2D eigenvalue weighted by atomic mass is 31.1. The first kappa shape index (κ1) is 9.37. The molecule has 0 heterocycles. The van der Waals surface area contributed by atoms with Gasteiger partial charge in [0.15, 0.2) is 0 Å². The zero-order valence-electron chi connectivity index (χ0n) is 7.28. The standard InChI is InChI=1S/C9H12O2P/c1-3-11-12(10)9-7-5-4-6-8(9)2/h4-7H,3H2,1-2H3/q+1. The summed E-state index contributed by atoms with van der Waals surface area (Å²) in [6.07, 6.45) is 0. The van der Waals surface area contributed by atoms with E-state index in [0.717, 1.165) is 10.9 Å². The van der Waals surface area contributed by atoms with Crippen LogP contribution < -0.4 is 5.30 Å². The third kappa shape index (κ3) is 2.13. The van der Waals surface area contributed by atoms with E-state index in [4.69, 9.17) is 4.52 Å². The van der Waals surface area contributed by atoms with Crippen LogP contribution in [0.1, 0.15) is 12.5 Å². The largest absolute Gasteiger partial charge is 0.548 e. The molecule has 0 aliphatic rings. The Balaban J connectivity index is 2.87. The smallest absolute Gasteiger partial charge is 0.142 e. The van der Waals surface area contributed by atoms with E-state index in [2.05, 4.69) is 0 Å². The van der Waals surface area contributed by atoms with E-state index in [9.17, 15) is 4.57 Å². The van der Waals surface area contributed by atoms with Crippen LogP contribution in [0.2, 0.25) is 0 Å². The summed E-state index contributed by atoms with van der Waals surface area (Å²) in [5, 5.41) is 0.800. The minimum atomic E-state index is -1.65. The van der Waals surface area contributed by atoms with Crippen molar-refractivity contribution in [3.05, 3.63) is 29.8 Å². The Kier molecular flexibility index (Phi) is 3.39. The minimum Gasteiger partial charge on any atom is -0.142 e. The minimum absolute atomic E-state index is 0.490. The predicted molar refractivity (Wildman–Crippen MR) is 50.0 cm³/mol. The van der Waals surface area contributed by atoms with E-state index in [1.54, 1.807) is 0 Å². The fraction of sp³-hybridized carbons (Fsp3) is 0.333. The van der Waals surface area contributed by atoms with E-state index < -0.39 is 8.03 Å². The Hall–Kier alpha value is -0.720. The number of benzene rings is 1. The Morgan fingerprint density at radius 1 is 1.42 bits per heavy atom. The molecule has 0 saturated carbocycles. The molecule has 0 N–H and O–H groups in total. The van der Waals surface area contributed by atoms with Crippen molar-refractivity contribution in [2.45, 2.75) is 13.8 Å². The molecule has 2 nitrogen and oxygen atoms in total. The lowest BCUT2D eigenvalue weighted by atomic mass is 10.2. The van der Waals surface area contributed by atoms with Gasteiger partial charge in [-0.05, 0) is 24.5 Å². The highest BCUT2D eigenvalue weighted by Gasteiger charge is 2.22. The van der Waals surface area contributed by atoms with Gasteiger partial charge >= 0.3 is 8.03 Å². The normalized spacial score (nSPS) is 11.3. The zero-order valence-corrected chi connectivity index (χ0v) is 8.17. The van der Waals surface area contributed by atoms with Gasteiger partial charge in [0.25, 0.3) is 0 Å². The summed E-state index contributed by atoms with van der Waals surface area (Å²) in [5.74, 6) is 0. The molecule has 0 saturated heterocycles. The molecule has 0 radical (unpaired) electrons. The Morgan fingerprint density at radius 3 is 2.67 bits per heavy atom. The average Bonchev–Trinajstić information content (AvgIpc) is 2.05. The Bertz CT molecular complexity index is 284. The summed E-state index contributed by atoms with van der Waals surface area (Å²) < 4.78 is 16.4. The molecule has 1 rings (SSSR count). The van der Waals surface area contributed by atoms with Crippen molar-refractivity contribution in [1.82, 2.24) is 0 Å². The van der Waals surface area contributed by atoms with Crippen molar-refractivity contribution in [1.29, 1.82) is 0 Å². The van der Waals surface area contributed by atoms with Gasteiger partial charge in [0, 0.05) is 5.56 Å². The van der Waals surface area contributed by atoms with Crippen LogP contribution >= 0.6 is 8.03 Å². The summed E-state index contributed by atoms with van der Waals surface area (Å²) in [7, 11) is -1.65. The van der Waals surface area contributed by atoms with Gasteiger partial charge in [-0.3, -0.25) is 0 Å². The molecule has 0 bridgehead atoms. The van der Waals surface area contributed by atoms with Crippen LogP contribution in [0, 0.1) is 6.92 Å². The Morgan fingerprint density at radius 2 is 2.08 bits per heavy atom. The second kappa shape index (κ2) is 4.34. The SMILES string of the molecule is CCO[P+](=O)c1ccccc1C. The maximum atomic E-state index is 11.4. The van der Waals surface area contributed by atoms with Crippen molar-refractivity contribution in [2.24, 2.45) is 0 Å². The molecular weight excluding hydrogens is 171 g/mol. The van der Waals surface area contributed by atoms with Crippen LogP contribution in [0.25, 0.3) is 0 Å². The fourth-order valence-electron chi connectivity index (χ4n) is 0.955. The van der Waals surface area contributed by atoms with Crippen LogP contribution in [0.4, 0.5) is 0 Å². The summed E-state index contributed by atoms with van der Waals surface area (Å²) >= 11 is 0. The zero-order chi connectivity index (χ0) is 8.97. The molecule has 0 aliphatic carbocycles. The number of hydrogen-bond donors (Lipinski definition) is 0. The molecule has 64 valence electrons. The number of rotatable bonds is 3. The molecule has 0 fully saturated rings. The van der Waals surface area contributed by atoms with Gasteiger partial charge in [-0.15, -0.1) is 4.52 Å². The van der Waals surface area contributed by atoms with Crippen LogP contribution in [0.15, 0.2) is 24.3 Å². The second-order valence-corrected chi connectivity index (χ2v) is 3.72. The highest BCUT2D eigenvalue weighted by Crippen LogP contribution is 2.22. The molecule has 1 aromatic carbocycles. The van der Waals surface area contributed by atoms with E-state index in [-0.39, 0.29) is 0 Å². The molecule has 1 atom stereocenters. The van der Waals surface area contributed by atoms with Gasteiger partial charge in [0.05, 0.1) is 0 Å².